The Hall–Kier alpha value is -2.93. The molecular formula is C21H18F3N3O. The first kappa shape index (κ1) is 18.4. The number of hydrogen-bond donors (Lipinski definition) is 1. The minimum absolute atomic E-state index is 0.172. The number of rotatable bonds is 5. The minimum atomic E-state index is -2.86. The van der Waals surface area contributed by atoms with Crippen molar-refractivity contribution >= 4 is 22.2 Å². The number of fused-ring (bicyclic) bond motifs is 1. The average molecular weight is 385 g/mol. The summed E-state index contributed by atoms with van der Waals surface area (Å²) in [5.74, 6) is -0.891. The van der Waals surface area contributed by atoms with Gasteiger partial charge in [0.25, 0.3) is 6.43 Å². The van der Waals surface area contributed by atoms with E-state index in [1.807, 2.05) is 24.3 Å². The van der Waals surface area contributed by atoms with Crippen LogP contribution in [-0.4, -0.2) is 23.4 Å². The van der Waals surface area contributed by atoms with Crippen molar-refractivity contribution in [1.29, 1.82) is 0 Å². The molecule has 144 valence electrons. The van der Waals surface area contributed by atoms with Gasteiger partial charge < -0.3 is 10.1 Å². The normalized spacial score (nSPS) is 15.1. The lowest BCUT2D eigenvalue weighted by atomic mass is 10.0. The molecule has 28 heavy (non-hydrogen) atoms. The Labute approximate surface area is 160 Å². The largest absolute Gasteiger partial charge is 0.377 e. The monoisotopic (exact) mass is 385 g/mol. The van der Waals surface area contributed by atoms with Gasteiger partial charge in [0.2, 0.25) is 0 Å². The molecule has 0 saturated carbocycles. The second-order valence-electron chi connectivity index (χ2n) is 6.65. The van der Waals surface area contributed by atoms with Gasteiger partial charge in [0.15, 0.2) is 0 Å². The standard InChI is InChI=1S/C21H18F3N3O/c1-12(15-3-2-4-16(20(15)22)21(23)24)26-19-10-25-27-18-6-5-13(9-17(18)19)14-7-8-28-11-14/h2-7,9-10,12,21H,8,11H2,1H3,(H,26,27)/t12-/m1/s1. The van der Waals surface area contributed by atoms with E-state index >= 15 is 0 Å². The fourth-order valence-electron chi connectivity index (χ4n) is 3.34. The molecule has 1 aliphatic rings. The number of anilines is 1. The fraction of sp³-hybridized carbons (Fsp3) is 0.238. The van der Waals surface area contributed by atoms with E-state index < -0.39 is 23.8 Å². The highest BCUT2D eigenvalue weighted by Crippen LogP contribution is 2.31. The molecule has 1 aliphatic heterocycles. The van der Waals surface area contributed by atoms with Crippen LogP contribution in [-0.2, 0) is 4.74 Å². The summed E-state index contributed by atoms with van der Waals surface area (Å²) >= 11 is 0. The molecule has 4 rings (SSSR count). The summed E-state index contributed by atoms with van der Waals surface area (Å²) in [6, 6.07) is 9.30. The van der Waals surface area contributed by atoms with Crippen molar-refractivity contribution in [1.82, 2.24) is 10.2 Å². The van der Waals surface area contributed by atoms with E-state index in [2.05, 4.69) is 15.5 Å². The number of nitrogens with one attached hydrogen (secondary N) is 1. The molecule has 0 unspecified atom stereocenters. The summed E-state index contributed by atoms with van der Waals surface area (Å²) in [6.45, 7) is 2.86. The Morgan fingerprint density at radius 3 is 2.71 bits per heavy atom. The van der Waals surface area contributed by atoms with E-state index in [-0.39, 0.29) is 5.56 Å². The van der Waals surface area contributed by atoms with Gasteiger partial charge >= 0.3 is 0 Å². The second kappa shape index (κ2) is 7.59. The number of benzene rings is 2. The number of aromatic nitrogens is 2. The van der Waals surface area contributed by atoms with Crippen molar-refractivity contribution in [2.24, 2.45) is 0 Å². The second-order valence-corrected chi connectivity index (χ2v) is 6.65. The lowest BCUT2D eigenvalue weighted by Crippen LogP contribution is -2.11. The smallest absolute Gasteiger partial charge is 0.266 e. The minimum Gasteiger partial charge on any atom is -0.377 e. The molecule has 1 N–H and O–H groups in total. The Morgan fingerprint density at radius 2 is 1.96 bits per heavy atom. The van der Waals surface area contributed by atoms with Crippen LogP contribution < -0.4 is 5.32 Å². The summed E-state index contributed by atoms with van der Waals surface area (Å²) < 4.78 is 45.9. The first-order chi connectivity index (χ1) is 13.5. The van der Waals surface area contributed by atoms with Gasteiger partial charge in [-0.2, -0.15) is 10.2 Å². The summed E-state index contributed by atoms with van der Waals surface area (Å²) in [4.78, 5) is 0. The third-order valence-corrected chi connectivity index (χ3v) is 4.85. The number of alkyl halides is 2. The van der Waals surface area contributed by atoms with Gasteiger partial charge in [0.1, 0.15) is 5.82 Å². The Balaban J connectivity index is 1.69. The van der Waals surface area contributed by atoms with Gasteiger partial charge in [-0.3, -0.25) is 0 Å². The van der Waals surface area contributed by atoms with E-state index in [0.717, 1.165) is 22.6 Å². The van der Waals surface area contributed by atoms with Crippen LogP contribution in [0.2, 0.25) is 0 Å². The van der Waals surface area contributed by atoms with Gasteiger partial charge in [-0.1, -0.05) is 30.3 Å². The number of halogens is 3. The molecule has 1 atom stereocenters. The molecule has 2 heterocycles. The van der Waals surface area contributed by atoms with Crippen LogP contribution in [0.15, 0.2) is 48.7 Å². The van der Waals surface area contributed by atoms with Gasteiger partial charge in [-0.25, -0.2) is 13.2 Å². The highest BCUT2D eigenvalue weighted by atomic mass is 19.3. The highest BCUT2D eigenvalue weighted by molar-refractivity contribution is 5.93. The highest BCUT2D eigenvalue weighted by Gasteiger charge is 2.20. The zero-order valence-corrected chi connectivity index (χ0v) is 15.1. The third kappa shape index (κ3) is 3.45. The molecule has 0 amide bonds. The van der Waals surface area contributed by atoms with E-state index in [4.69, 9.17) is 4.74 Å². The summed E-state index contributed by atoms with van der Waals surface area (Å²) in [5, 5.41) is 12.1. The average Bonchev–Trinajstić information content (AvgIpc) is 3.22. The van der Waals surface area contributed by atoms with Crippen LogP contribution in [0.25, 0.3) is 16.5 Å². The molecule has 0 radical (unpaired) electrons. The molecule has 0 spiro atoms. The number of nitrogens with zero attached hydrogens (tertiary/aromatic N) is 2. The molecule has 2 aromatic carbocycles. The van der Waals surface area contributed by atoms with Crippen LogP contribution >= 0.6 is 0 Å². The molecular weight excluding hydrogens is 367 g/mol. The quantitative estimate of drug-likeness (QED) is 0.648. The van der Waals surface area contributed by atoms with Gasteiger partial charge in [-0.15, -0.1) is 0 Å². The van der Waals surface area contributed by atoms with E-state index in [9.17, 15) is 13.2 Å². The summed E-state index contributed by atoms with van der Waals surface area (Å²) in [6.07, 6.45) is 0.716. The first-order valence-corrected chi connectivity index (χ1v) is 8.90. The predicted molar refractivity (Wildman–Crippen MR) is 102 cm³/mol. The molecule has 0 fully saturated rings. The maximum absolute atomic E-state index is 14.5. The van der Waals surface area contributed by atoms with Crippen molar-refractivity contribution in [3.63, 3.8) is 0 Å². The predicted octanol–water partition coefficient (Wildman–Crippen LogP) is 5.29. The fourth-order valence-corrected chi connectivity index (χ4v) is 3.34. The van der Waals surface area contributed by atoms with E-state index in [1.54, 1.807) is 13.1 Å². The first-order valence-electron chi connectivity index (χ1n) is 8.90. The number of hydrogen-bond acceptors (Lipinski definition) is 4. The lowest BCUT2D eigenvalue weighted by Gasteiger charge is -2.19. The zero-order valence-electron chi connectivity index (χ0n) is 15.1. The molecule has 0 saturated heterocycles. The van der Waals surface area contributed by atoms with E-state index in [0.29, 0.717) is 24.4 Å². The van der Waals surface area contributed by atoms with Crippen molar-refractivity contribution in [2.45, 2.75) is 19.4 Å². The molecule has 3 aromatic rings. The Bertz CT molecular complexity index is 1050. The van der Waals surface area contributed by atoms with Crippen molar-refractivity contribution < 1.29 is 17.9 Å². The van der Waals surface area contributed by atoms with Crippen molar-refractivity contribution in [3.05, 3.63) is 71.2 Å². The summed E-state index contributed by atoms with van der Waals surface area (Å²) in [5.41, 5.74) is 3.01. The molecule has 4 nitrogen and oxygen atoms in total. The lowest BCUT2D eigenvalue weighted by molar-refractivity contribution is 0.146. The maximum atomic E-state index is 14.5. The Morgan fingerprint density at radius 1 is 1.14 bits per heavy atom. The zero-order chi connectivity index (χ0) is 19.7. The maximum Gasteiger partial charge on any atom is 0.266 e. The molecule has 0 aliphatic carbocycles. The van der Waals surface area contributed by atoms with E-state index in [1.165, 1.54) is 12.1 Å². The van der Waals surface area contributed by atoms with Crippen LogP contribution in [0.3, 0.4) is 0 Å². The third-order valence-electron chi connectivity index (χ3n) is 4.85. The molecule has 7 heteroatoms. The number of ether oxygens (including phenoxy) is 1. The SMILES string of the molecule is C[C@@H](Nc1cnnc2ccc(C3=CCOC3)cc12)c1cccc(C(F)F)c1F. The molecule has 1 aromatic heterocycles. The van der Waals surface area contributed by atoms with Crippen molar-refractivity contribution in [2.75, 3.05) is 18.5 Å². The topological polar surface area (TPSA) is 47.0 Å². The van der Waals surface area contributed by atoms with Crippen LogP contribution in [0.4, 0.5) is 18.9 Å². The van der Waals surface area contributed by atoms with Gasteiger partial charge in [0, 0.05) is 10.9 Å². The van der Waals surface area contributed by atoms with Crippen molar-refractivity contribution in [3.8, 4) is 0 Å². The van der Waals surface area contributed by atoms with Gasteiger partial charge in [0.05, 0.1) is 42.2 Å². The molecule has 0 bridgehead atoms. The van der Waals surface area contributed by atoms with Gasteiger partial charge in [-0.05, 0) is 30.2 Å². The van der Waals surface area contributed by atoms with Crippen LogP contribution in [0.1, 0.15) is 36.1 Å². The summed E-state index contributed by atoms with van der Waals surface area (Å²) in [7, 11) is 0. The van der Waals surface area contributed by atoms with Crippen LogP contribution in [0.5, 0.6) is 0 Å². The Kier molecular flexibility index (Phi) is 5.00. The van der Waals surface area contributed by atoms with Crippen LogP contribution in [0, 0.1) is 5.82 Å².